The maximum atomic E-state index is 10.4. The minimum absolute atomic E-state index is 0.0584. The molecule has 1 aromatic heterocycles. The summed E-state index contributed by atoms with van der Waals surface area (Å²) in [6.07, 6.45) is 0. The Balaban J connectivity index is 2.71. The zero-order chi connectivity index (χ0) is 9.84. The Morgan fingerprint density at radius 1 is 1.46 bits per heavy atom. The van der Waals surface area contributed by atoms with Crippen molar-refractivity contribution < 1.29 is 4.79 Å². The molecule has 0 radical (unpaired) electrons. The van der Waals surface area contributed by atoms with E-state index in [-0.39, 0.29) is 6.54 Å². The first-order valence-electron chi connectivity index (χ1n) is 3.92. The number of nitrogens with two attached hydrogens (primary N) is 1. The van der Waals surface area contributed by atoms with Gasteiger partial charge in [0, 0.05) is 11.4 Å². The molecule has 3 N–H and O–H groups in total. The number of primary amides is 1. The fourth-order valence-electron chi connectivity index (χ4n) is 0.971. The maximum Gasteiger partial charge on any atom is 0.236 e. The molecule has 0 aliphatic carbocycles. The molecule has 0 aliphatic heterocycles. The fourth-order valence-corrected chi connectivity index (χ4v) is 0.971. The summed E-state index contributed by atoms with van der Waals surface area (Å²) < 4.78 is 0. The number of nitrogens with one attached hydrogen (secondary N) is 1. The molecular formula is C8H12N4O. The molecule has 1 heterocycles. The zero-order valence-electron chi connectivity index (χ0n) is 7.66. The molecule has 0 aromatic carbocycles. The summed E-state index contributed by atoms with van der Waals surface area (Å²) in [6, 6.07) is 1.86. The van der Waals surface area contributed by atoms with Gasteiger partial charge in [0.25, 0.3) is 0 Å². The van der Waals surface area contributed by atoms with Gasteiger partial charge < -0.3 is 11.1 Å². The summed E-state index contributed by atoms with van der Waals surface area (Å²) in [4.78, 5) is 18.6. The van der Waals surface area contributed by atoms with E-state index in [1.54, 1.807) is 0 Å². The van der Waals surface area contributed by atoms with Gasteiger partial charge in [-0.3, -0.25) is 4.79 Å². The van der Waals surface area contributed by atoms with E-state index >= 15 is 0 Å². The van der Waals surface area contributed by atoms with Gasteiger partial charge in [-0.05, 0) is 19.9 Å². The van der Waals surface area contributed by atoms with E-state index in [2.05, 4.69) is 15.3 Å². The van der Waals surface area contributed by atoms with E-state index in [9.17, 15) is 4.79 Å². The van der Waals surface area contributed by atoms with E-state index in [0.29, 0.717) is 5.95 Å². The van der Waals surface area contributed by atoms with E-state index in [1.807, 2.05) is 19.9 Å². The van der Waals surface area contributed by atoms with Crippen LogP contribution in [0.5, 0.6) is 0 Å². The summed E-state index contributed by atoms with van der Waals surface area (Å²) in [5.74, 6) is 0.0130. The van der Waals surface area contributed by atoms with Crippen LogP contribution >= 0.6 is 0 Å². The predicted molar refractivity (Wildman–Crippen MR) is 49.2 cm³/mol. The highest BCUT2D eigenvalue weighted by Crippen LogP contribution is 2.02. The predicted octanol–water partition coefficient (Wildman–Crippen LogP) is -0.00936. The van der Waals surface area contributed by atoms with Crippen molar-refractivity contribution in [1.82, 2.24) is 9.97 Å². The molecule has 0 bridgehead atoms. The van der Waals surface area contributed by atoms with E-state index < -0.39 is 5.91 Å². The Morgan fingerprint density at radius 3 is 2.46 bits per heavy atom. The van der Waals surface area contributed by atoms with Gasteiger partial charge >= 0.3 is 0 Å². The molecule has 0 saturated heterocycles. The van der Waals surface area contributed by atoms with Crippen molar-refractivity contribution in [2.45, 2.75) is 13.8 Å². The van der Waals surface area contributed by atoms with Gasteiger partial charge in [-0.2, -0.15) is 0 Å². The normalized spacial score (nSPS) is 9.69. The molecule has 1 aromatic rings. The van der Waals surface area contributed by atoms with Crippen LogP contribution in [0.15, 0.2) is 6.07 Å². The number of carbonyl (C=O) groups is 1. The lowest BCUT2D eigenvalue weighted by Gasteiger charge is -2.03. The molecule has 5 heteroatoms. The summed E-state index contributed by atoms with van der Waals surface area (Å²) in [6.45, 7) is 3.79. The molecule has 0 atom stereocenters. The van der Waals surface area contributed by atoms with Crippen LogP contribution in [0.4, 0.5) is 5.95 Å². The average Bonchev–Trinajstić information content (AvgIpc) is 1.99. The first kappa shape index (κ1) is 9.44. The maximum absolute atomic E-state index is 10.4. The number of hydrogen-bond donors (Lipinski definition) is 2. The van der Waals surface area contributed by atoms with Crippen LogP contribution in [-0.4, -0.2) is 22.4 Å². The Labute approximate surface area is 76.4 Å². The number of amides is 1. The highest BCUT2D eigenvalue weighted by Gasteiger charge is 1.99. The molecule has 1 rings (SSSR count). The van der Waals surface area contributed by atoms with Crippen LogP contribution in [0.3, 0.4) is 0 Å². The van der Waals surface area contributed by atoms with Crippen LogP contribution in [0.2, 0.25) is 0 Å². The lowest BCUT2D eigenvalue weighted by atomic mass is 10.4. The molecule has 0 saturated carbocycles. The summed E-state index contributed by atoms with van der Waals surface area (Å²) in [5.41, 5.74) is 6.68. The monoisotopic (exact) mass is 180 g/mol. The number of aryl methyl sites for hydroxylation is 2. The highest BCUT2D eigenvalue weighted by atomic mass is 16.1. The number of aromatic nitrogens is 2. The van der Waals surface area contributed by atoms with Crippen molar-refractivity contribution in [3.63, 3.8) is 0 Å². The number of carbonyl (C=O) groups excluding carboxylic acids is 1. The summed E-state index contributed by atoms with van der Waals surface area (Å²) >= 11 is 0. The average molecular weight is 180 g/mol. The third-order valence-corrected chi connectivity index (χ3v) is 1.40. The third kappa shape index (κ3) is 3.06. The van der Waals surface area contributed by atoms with Crippen molar-refractivity contribution in [1.29, 1.82) is 0 Å². The van der Waals surface area contributed by atoms with E-state index in [0.717, 1.165) is 11.4 Å². The Kier molecular flexibility index (Phi) is 2.79. The Morgan fingerprint density at radius 2 is 2.00 bits per heavy atom. The smallest absolute Gasteiger partial charge is 0.236 e. The standard InChI is InChI=1S/C8H12N4O/c1-5-3-6(2)12-8(11-5)10-4-7(9)13/h3H,4H2,1-2H3,(H2,9,13)(H,10,11,12). The third-order valence-electron chi connectivity index (χ3n) is 1.40. The lowest BCUT2D eigenvalue weighted by Crippen LogP contribution is -2.22. The van der Waals surface area contributed by atoms with Gasteiger partial charge in [-0.15, -0.1) is 0 Å². The molecule has 13 heavy (non-hydrogen) atoms. The SMILES string of the molecule is Cc1cc(C)nc(NCC(N)=O)n1. The van der Waals surface area contributed by atoms with Crippen LogP contribution in [-0.2, 0) is 4.79 Å². The van der Waals surface area contributed by atoms with Crippen molar-refractivity contribution in [2.75, 3.05) is 11.9 Å². The summed E-state index contributed by atoms with van der Waals surface area (Å²) in [5, 5.41) is 2.73. The number of rotatable bonds is 3. The van der Waals surface area contributed by atoms with Gasteiger partial charge in [-0.1, -0.05) is 0 Å². The molecule has 0 aliphatic rings. The molecule has 0 spiro atoms. The van der Waals surface area contributed by atoms with Gasteiger partial charge in [-0.25, -0.2) is 9.97 Å². The second-order valence-corrected chi connectivity index (χ2v) is 2.79. The van der Waals surface area contributed by atoms with Crippen LogP contribution < -0.4 is 11.1 Å². The number of hydrogen-bond acceptors (Lipinski definition) is 4. The molecule has 0 unspecified atom stereocenters. The van der Waals surface area contributed by atoms with Crippen molar-refractivity contribution in [3.05, 3.63) is 17.5 Å². The van der Waals surface area contributed by atoms with E-state index in [1.165, 1.54) is 0 Å². The highest BCUT2D eigenvalue weighted by molar-refractivity contribution is 5.78. The minimum Gasteiger partial charge on any atom is -0.368 e. The minimum atomic E-state index is -0.428. The Bertz CT molecular complexity index is 304. The first-order valence-corrected chi connectivity index (χ1v) is 3.92. The van der Waals surface area contributed by atoms with Crippen LogP contribution in [0.25, 0.3) is 0 Å². The van der Waals surface area contributed by atoms with Gasteiger partial charge in [0.05, 0.1) is 6.54 Å². The second-order valence-electron chi connectivity index (χ2n) is 2.79. The topological polar surface area (TPSA) is 80.9 Å². The summed E-state index contributed by atoms with van der Waals surface area (Å²) in [7, 11) is 0. The van der Waals surface area contributed by atoms with Crippen LogP contribution in [0.1, 0.15) is 11.4 Å². The van der Waals surface area contributed by atoms with Gasteiger partial charge in [0.2, 0.25) is 11.9 Å². The van der Waals surface area contributed by atoms with Crippen molar-refractivity contribution in [3.8, 4) is 0 Å². The lowest BCUT2D eigenvalue weighted by molar-refractivity contribution is -0.116. The molecule has 0 fully saturated rings. The van der Waals surface area contributed by atoms with Crippen LogP contribution in [0, 0.1) is 13.8 Å². The number of anilines is 1. The molecule has 70 valence electrons. The zero-order valence-corrected chi connectivity index (χ0v) is 7.66. The second kappa shape index (κ2) is 3.84. The first-order chi connectivity index (χ1) is 6.08. The molecule has 5 nitrogen and oxygen atoms in total. The van der Waals surface area contributed by atoms with Gasteiger partial charge in [0.15, 0.2) is 0 Å². The number of nitrogens with zero attached hydrogens (tertiary/aromatic N) is 2. The quantitative estimate of drug-likeness (QED) is 0.685. The Hall–Kier alpha value is -1.65. The largest absolute Gasteiger partial charge is 0.368 e. The van der Waals surface area contributed by atoms with E-state index in [4.69, 9.17) is 5.73 Å². The van der Waals surface area contributed by atoms with Crippen molar-refractivity contribution in [2.24, 2.45) is 5.73 Å². The van der Waals surface area contributed by atoms with Crippen molar-refractivity contribution >= 4 is 11.9 Å². The fraction of sp³-hybridized carbons (Fsp3) is 0.375. The molecular weight excluding hydrogens is 168 g/mol. The molecule has 1 amide bonds. The van der Waals surface area contributed by atoms with Gasteiger partial charge in [0.1, 0.15) is 0 Å².